The highest BCUT2D eigenvalue weighted by Crippen LogP contribution is 2.47. The molecule has 1 aromatic carbocycles. The van der Waals surface area contributed by atoms with Gasteiger partial charge in [-0.2, -0.15) is 9.78 Å². The lowest BCUT2D eigenvalue weighted by Gasteiger charge is -2.21. The summed E-state index contributed by atoms with van der Waals surface area (Å²) in [5.74, 6) is 1.75. The zero-order valence-corrected chi connectivity index (χ0v) is 19.5. The Hall–Kier alpha value is -3.94. The molecule has 176 valence electrons. The lowest BCUT2D eigenvalue weighted by molar-refractivity contribution is -0.0716. The van der Waals surface area contributed by atoms with Gasteiger partial charge in [-0.05, 0) is 62.9 Å². The first kappa shape index (κ1) is 20.4. The Labute approximate surface area is 202 Å². The van der Waals surface area contributed by atoms with Crippen molar-refractivity contribution in [3.8, 4) is 17.3 Å². The minimum atomic E-state index is -0.529. The van der Waals surface area contributed by atoms with Crippen LogP contribution in [0.2, 0.25) is 0 Å². The van der Waals surface area contributed by atoms with Gasteiger partial charge in [-0.15, -0.1) is 0 Å². The van der Waals surface area contributed by atoms with E-state index in [0.717, 1.165) is 61.0 Å². The van der Waals surface area contributed by atoms with Gasteiger partial charge in [-0.3, -0.25) is 4.79 Å². The largest absolute Gasteiger partial charge is 0.448 e. The number of fused-ring (bicyclic) bond motifs is 2. The second kappa shape index (κ2) is 7.53. The van der Waals surface area contributed by atoms with Crippen molar-refractivity contribution < 1.29 is 14.3 Å². The van der Waals surface area contributed by atoms with Gasteiger partial charge in [0.15, 0.2) is 23.0 Å². The summed E-state index contributed by atoms with van der Waals surface area (Å²) in [6.07, 6.45) is 7.88. The molecular weight excluding hydrogens is 442 g/mol. The molecule has 8 heteroatoms. The molecule has 1 spiro atoms. The van der Waals surface area contributed by atoms with E-state index in [9.17, 15) is 4.79 Å². The summed E-state index contributed by atoms with van der Waals surface area (Å²) < 4.78 is 14.0. The second-order valence-corrected chi connectivity index (χ2v) is 9.69. The Morgan fingerprint density at radius 1 is 1.09 bits per heavy atom. The van der Waals surface area contributed by atoms with E-state index >= 15 is 0 Å². The van der Waals surface area contributed by atoms with Crippen molar-refractivity contribution in [2.24, 2.45) is 0 Å². The maximum atomic E-state index is 13.6. The highest BCUT2D eigenvalue weighted by molar-refractivity contribution is 6.13. The van der Waals surface area contributed by atoms with Crippen LogP contribution in [0.25, 0.3) is 16.9 Å². The smallest absolute Gasteiger partial charge is 0.256 e. The molecule has 0 saturated heterocycles. The molecule has 1 amide bonds. The minimum absolute atomic E-state index is 0.197. The van der Waals surface area contributed by atoms with Gasteiger partial charge in [-0.25, -0.2) is 9.97 Å². The van der Waals surface area contributed by atoms with Crippen molar-refractivity contribution >= 4 is 22.6 Å². The van der Waals surface area contributed by atoms with Crippen molar-refractivity contribution in [1.82, 2.24) is 19.7 Å². The molecular formula is C27H25N5O3. The molecule has 0 unspecified atom stereocenters. The predicted octanol–water partition coefficient (Wildman–Crippen LogP) is 5.30. The van der Waals surface area contributed by atoms with Crippen LogP contribution in [0.3, 0.4) is 0 Å². The number of ether oxygens (including phenoxy) is 2. The summed E-state index contributed by atoms with van der Waals surface area (Å²) in [7, 11) is 0. The van der Waals surface area contributed by atoms with E-state index in [1.165, 1.54) is 0 Å². The average Bonchev–Trinajstić information content (AvgIpc) is 3.40. The predicted molar refractivity (Wildman–Crippen MR) is 130 cm³/mol. The number of hydrogen-bond acceptors (Lipinski definition) is 6. The molecule has 2 aliphatic carbocycles. The number of pyridine rings is 2. The number of benzene rings is 1. The van der Waals surface area contributed by atoms with E-state index in [-0.39, 0.29) is 5.91 Å². The van der Waals surface area contributed by atoms with Gasteiger partial charge in [-0.1, -0.05) is 6.07 Å². The molecule has 1 aliphatic heterocycles. The number of carbonyl (C=O) groups is 1. The molecule has 3 aliphatic rings. The molecule has 0 atom stereocenters. The number of aryl methyl sites for hydroxylation is 1. The van der Waals surface area contributed by atoms with Gasteiger partial charge in [0.1, 0.15) is 0 Å². The maximum absolute atomic E-state index is 13.6. The van der Waals surface area contributed by atoms with Gasteiger partial charge in [0, 0.05) is 42.4 Å². The Balaban J connectivity index is 1.26. The van der Waals surface area contributed by atoms with Crippen LogP contribution < -0.4 is 14.8 Å². The standard InChI is InChI=1S/C27H25N5O3/c1-16-24-19(15-20(17-7-8-17)30-25(24)32(31-16)23-6-2-5-13-28-23)26(33)29-18-9-10-21-22(14-18)35-27(34-21)11-3-4-12-27/h2,5-6,9-10,13-15,17H,3-4,7-8,11-12H2,1H3,(H,29,33). The van der Waals surface area contributed by atoms with E-state index in [4.69, 9.17) is 19.6 Å². The van der Waals surface area contributed by atoms with Gasteiger partial charge in [0.05, 0.1) is 16.6 Å². The fraction of sp³-hybridized carbons (Fsp3) is 0.333. The average molecular weight is 468 g/mol. The van der Waals surface area contributed by atoms with Crippen LogP contribution in [-0.2, 0) is 0 Å². The van der Waals surface area contributed by atoms with Crippen molar-refractivity contribution in [2.75, 3.05) is 5.32 Å². The third-order valence-electron chi connectivity index (χ3n) is 7.10. The SMILES string of the molecule is Cc1nn(-c2ccccn2)c2nc(C3CC3)cc(C(=O)Nc3ccc4c(c3)OC3(CCCC3)O4)c12. The van der Waals surface area contributed by atoms with Crippen molar-refractivity contribution in [2.45, 2.75) is 57.2 Å². The van der Waals surface area contributed by atoms with Crippen LogP contribution in [0, 0.1) is 6.92 Å². The number of amides is 1. The van der Waals surface area contributed by atoms with E-state index in [1.54, 1.807) is 10.9 Å². The zero-order valence-electron chi connectivity index (χ0n) is 19.5. The third kappa shape index (κ3) is 3.43. The summed E-state index contributed by atoms with van der Waals surface area (Å²) in [6.45, 7) is 1.90. The van der Waals surface area contributed by atoms with Gasteiger partial charge >= 0.3 is 0 Å². The molecule has 0 radical (unpaired) electrons. The molecule has 2 fully saturated rings. The first-order valence-electron chi connectivity index (χ1n) is 12.2. The van der Waals surface area contributed by atoms with E-state index in [0.29, 0.717) is 34.4 Å². The zero-order chi connectivity index (χ0) is 23.6. The number of nitrogens with one attached hydrogen (secondary N) is 1. The number of nitrogens with zero attached hydrogens (tertiary/aromatic N) is 4. The summed E-state index contributed by atoms with van der Waals surface area (Å²) in [5.41, 5.74) is 3.55. The van der Waals surface area contributed by atoms with Gasteiger partial charge < -0.3 is 14.8 Å². The summed E-state index contributed by atoms with van der Waals surface area (Å²) >= 11 is 0. The van der Waals surface area contributed by atoms with Gasteiger partial charge in [0.25, 0.3) is 11.7 Å². The highest BCUT2D eigenvalue weighted by Gasteiger charge is 2.44. The normalized spacial score (nSPS) is 17.9. The third-order valence-corrected chi connectivity index (χ3v) is 7.10. The fourth-order valence-electron chi connectivity index (χ4n) is 5.20. The molecule has 0 bridgehead atoms. The lowest BCUT2D eigenvalue weighted by Crippen LogP contribution is -2.34. The van der Waals surface area contributed by atoms with Crippen LogP contribution in [-0.4, -0.2) is 31.4 Å². The molecule has 1 N–H and O–H groups in total. The summed E-state index contributed by atoms with van der Waals surface area (Å²) in [5, 5.41) is 8.50. The summed E-state index contributed by atoms with van der Waals surface area (Å²) in [4.78, 5) is 23.0. The van der Waals surface area contributed by atoms with Crippen molar-refractivity contribution in [1.29, 1.82) is 0 Å². The van der Waals surface area contributed by atoms with Crippen LogP contribution in [0.4, 0.5) is 5.69 Å². The Morgan fingerprint density at radius 3 is 2.69 bits per heavy atom. The molecule has 3 aromatic heterocycles. The molecule has 4 heterocycles. The van der Waals surface area contributed by atoms with E-state index in [1.807, 2.05) is 49.4 Å². The number of hydrogen-bond donors (Lipinski definition) is 1. The van der Waals surface area contributed by atoms with Crippen LogP contribution in [0.5, 0.6) is 11.5 Å². The first-order chi connectivity index (χ1) is 17.1. The molecule has 35 heavy (non-hydrogen) atoms. The van der Waals surface area contributed by atoms with E-state index in [2.05, 4.69) is 10.3 Å². The van der Waals surface area contributed by atoms with Crippen LogP contribution >= 0.6 is 0 Å². The number of anilines is 1. The Bertz CT molecular complexity index is 1470. The quantitative estimate of drug-likeness (QED) is 0.438. The van der Waals surface area contributed by atoms with Crippen molar-refractivity contribution in [3.63, 3.8) is 0 Å². The van der Waals surface area contributed by atoms with Crippen LogP contribution in [0.15, 0.2) is 48.7 Å². The number of carbonyl (C=O) groups excluding carboxylic acids is 1. The topological polar surface area (TPSA) is 91.2 Å². The van der Waals surface area contributed by atoms with E-state index < -0.39 is 5.79 Å². The molecule has 4 aromatic rings. The van der Waals surface area contributed by atoms with Gasteiger partial charge in [0.2, 0.25) is 0 Å². The second-order valence-electron chi connectivity index (χ2n) is 9.69. The monoisotopic (exact) mass is 467 g/mol. The maximum Gasteiger partial charge on any atom is 0.256 e. The minimum Gasteiger partial charge on any atom is -0.448 e. The fourth-order valence-corrected chi connectivity index (χ4v) is 5.20. The number of rotatable bonds is 4. The first-order valence-corrected chi connectivity index (χ1v) is 12.2. The highest BCUT2D eigenvalue weighted by atomic mass is 16.7. The molecule has 8 nitrogen and oxygen atoms in total. The molecule has 2 saturated carbocycles. The Kier molecular flexibility index (Phi) is 4.40. The summed E-state index contributed by atoms with van der Waals surface area (Å²) in [6, 6.07) is 13.2. The van der Waals surface area contributed by atoms with Crippen molar-refractivity contribution in [3.05, 3.63) is 65.6 Å². The molecule has 7 rings (SSSR count). The number of aromatic nitrogens is 4. The Morgan fingerprint density at radius 2 is 1.91 bits per heavy atom. The van der Waals surface area contributed by atoms with Crippen LogP contribution in [0.1, 0.15) is 66.2 Å². The lowest BCUT2D eigenvalue weighted by atomic mass is 10.1.